The molecule has 2 aliphatic rings. The Morgan fingerprint density at radius 1 is 1.13 bits per heavy atom. The second-order valence-corrected chi connectivity index (χ2v) is 6.60. The van der Waals surface area contributed by atoms with Crippen LogP contribution in [0.25, 0.3) is 0 Å². The first-order valence-corrected chi connectivity index (χ1v) is 8.46. The molecule has 0 saturated heterocycles. The molecule has 5 heteroatoms. The summed E-state index contributed by atoms with van der Waals surface area (Å²) in [4.78, 5) is 23.6. The van der Waals surface area contributed by atoms with Gasteiger partial charge in [0.1, 0.15) is 5.82 Å². The average Bonchev–Trinajstić information content (AvgIpc) is 3.41. The van der Waals surface area contributed by atoms with E-state index in [0.29, 0.717) is 25.3 Å². The van der Waals surface area contributed by atoms with Crippen molar-refractivity contribution in [3.63, 3.8) is 0 Å². The lowest BCUT2D eigenvalue weighted by atomic mass is 10.0. The van der Waals surface area contributed by atoms with Gasteiger partial charge in [0.2, 0.25) is 11.8 Å². The van der Waals surface area contributed by atoms with Crippen molar-refractivity contribution >= 4 is 11.8 Å². The predicted octanol–water partition coefficient (Wildman–Crippen LogP) is 2.70. The third-order valence-electron chi connectivity index (χ3n) is 4.47. The van der Waals surface area contributed by atoms with E-state index in [1.807, 2.05) is 0 Å². The molecule has 0 bridgehead atoms. The number of hydrogen-bond donors (Lipinski definition) is 2. The van der Waals surface area contributed by atoms with Crippen molar-refractivity contribution in [3.8, 4) is 0 Å². The van der Waals surface area contributed by atoms with Crippen LogP contribution in [0.15, 0.2) is 24.3 Å². The summed E-state index contributed by atoms with van der Waals surface area (Å²) < 4.78 is 13.0. The Morgan fingerprint density at radius 3 is 2.43 bits per heavy atom. The van der Waals surface area contributed by atoms with Gasteiger partial charge in [-0.1, -0.05) is 12.1 Å². The van der Waals surface area contributed by atoms with E-state index in [0.717, 1.165) is 31.2 Å². The lowest BCUT2D eigenvalue weighted by molar-refractivity contribution is -0.124. The summed E-state index contributed by atoms with van der Waals surface area (Å²) in [5.74, 6) is 0.515. The smallest absolute Gasteiger partial charge is 0.223 e. The van der Waals surface area contributed by atoms with E-state index in [-0.39, 0.29) is 29.6 Å². The Labute approximate surface area is 135 Å². The summed E-state index contributed by atoms with van der Waals surface area (Å²) in [6, 6.07) is 6.33. The second-order valence-electron chi connectivity index (χ2n) is 6.60. The van der Waals surface area contributed by atoms with E-state index in [2.05, 4.69) is 10.6 Å². The highest BCUT2D eigenvalue weighted by Crippen LogP contribution is 2.41. The standard InChI is InChI=1S/C18H23FN2O2/c19-15-9-7-13(8-10-15)17(12-3-4-12)21-16(22)2-1-11-20-18(23)14-5-6-14/h7-10,12,14,17H,1-6,11H2,(H,20,23)(H,21,22)/t17-/m1/s1. The zero-order valence-corrected chi connectivity index (χ0v) is 13.2. The first-order chi connectivity index (χ1) is 11.1. The SMILES string of the molecule is O=C(CCCNC(=O)C1CC1)N[C@@H](c1ccc(F)cc1)C1CC1. The number of rotatable bonds is 8. The van der Waals surface area contributed by atoms with Gasteiger partial charge in [-0.05, 0) is 55.7 Å². The maximum atomic E-state index is 13.0. The van der Waals surface area contributed by atoms with Crippen LogP contribution >= 0.6 is 0 Å². The number of carbonyl (C=O) groups excluding carboxylic acids is 2. The zero-order valence-electron chi connectivity index (χ0n) is 13.2. The highest BCUT2D eigenvalue weighted by molar-refractivity contribution is 5.81. The molecule has 2 aliphatic carbocycles. The lowest BCUT2D eigenvalue weighted by Crippen LogP contribution is -2.31. The van der Waals surface area contributed by atoms with Crippen LogP contribution in [0.2, 0.25) is 0 Å². The first-order valence-electron chi connectivity index (χ1n) is 8.46. The summed E-state index contributed by atoms with van der Waals surface area (Å²) in [7, 11) is 0. The van der Waals surface area contributed by atoms with E-state index in [1.54, 1.807) is 12.1 Å². The van der Waals surface area contributed by atoms with E-state index in [1.165, 1.54) is 12.1 Å². The van der Waals surface area contributed by atoms with Crippen molar-refractivity contribution in [2.45, 2.75) is 44.6 Å². The van der Waals surface area contributed by atoms with E-state index in [9.17, 15) is 14.0 Å². The maximum Gasteiger partial charge on any atom is 0.223 e. The van der Waals surface area contributed by atoms with Gasteiger partial charge in [-0.15, -0.1) is 0 Å². The number of nitrogens with one attached hydrogen (secondary N) is 2. The maximum absolute atomic E-state index is 13.0. The normalized spacial score (nSPS) is 18.3. The van der Waals surface area contributed by atoms with E-state index < -0.39 is 0 Å². The van der Waals surface area contributed by atoms with Crippen LogP contribution in [0.1, 0.15) is 50.1 Å². The molecule has 124 valence electrons. The Bertz CT molecular complexity index is 565. The number of hydrogen-bond acceptors (Lipinski definition) is 2. The van der Waals surface area contributed by atoms with Crippen LogP contribution in [0.5, 0.6) is 0 Å². The minimum Gasteiger partial charge on any atom is -0.356 e. The van der Waals surface area contributed by atoms with Gasteiger partial charge in [0.25, 0.3) is 0 Å². The zero-order chi connectivity index (χ0) is 16.2. The van der Waals surface area contributed by atoms with E-state index >= 15 is 0 Å². The Hall–Kier alpha value is -1.91. The Kier molecular flexibility index (Phi) is 4.94. The van der Waals surface area contributed by atoms with Crippen molar-refractivity contribution in [2.75, 3.05) is 6.54 Å². The van der Waals surface area contributed by atoms with Crippen LogP contribution in [-0.2, 0) is 9.59 Å². The molecule has 0 spiro atoms. The molecule has 2 N–H and O–H groups in total. The number of halogens is 1. The topological polar surface area (TPSA) is 58.2 Å². The molecule has 1 atom stereocenters. The monoisotopic (exact) mass is 318 g/mol. The molecule has 2 amide bonds. The molecule has 1 aromatic carbocycles. The molecule has 0 radical (unpaired) electrons. The largest absolute Gasteiger partial charge is 0.356 e. The van der Waals surface area contributed by atoms with Crippen LogP contribution in [0, 0.1) is 17.7 Å². The van der Waals surface area contributed by atoms with Crippen molar-refractivity contribution in [1.29, 1.82) is 0 Å². The summed E-state index contributed by atoms with van der Waals surface area (Å²) in [6.07, 6.45) is 5.22. The number of benzene rings is 1. The van der Waals surface area contributed by atoms with Crippen molar-refractivity contribution in [2.24, 2.45) is 11.8 Å². The minimum absolute atomic E-state index is 0.00750. The van der Waals surface area contributed by atoms with Gasteiger partial charge in [-0.25, -0.2) is 4.39 Å². The molecule has 0 heterocycles. The van der Waals surface area contributed by atoms with Crippen LogP contribution in [0.4, 0.5) is 4.39 Å². The van der Waals surface area contributed by atoms with Gasteiger partial charge in [0, 0.05) is 18.9 Å². The molecular formula is C18H23FN2O2. The predicted molar refractivity (Wildman–Crippen MR) is 85.0 cm³/mol. The summed E-state index contributed by atoms with van der Waals surface area (Å²) in [5.41, 5.74) is 0.962. The van der Waals surface area contributed by atoms with Gasteiger partial charge in [0.05, 0.1) is 6.04 Å². The van der Waals surface area contributed by atoms with Crippen molar-refractivity contribution < 1.29 is 14.0 Å². The summed E-state index contributed by atoms with van der Waals surface area (Å²) >= 11 is 0. The molecule has 0 unspecified atom stereocenters. The fraction of sp³-hybridized carbons (Fsp3) is 0.556. The van der Waals surface area contributed by atoms with E-state index in [4.69, 9.17) is 0 Å². The molecule has 2 saturated carbocycles. The number of amides is 2. The molecule has 0 aliphatic heterocycles. The van der Waals surface area contributed by atoms with Gasteiger partial charge >= 0.3 is 0 Å². The second kappa shape index (κ2) is 7.11. The van der Waals surface area contributed by atoms with Crippen molar-refractivity contribution in [3.05, 3.63) is 35.6 Å². The molecule has 4 nitrogen and oxygen atoms in total. The van der Waals surface area contributed by atoms with Crippen molar-refractivity contribution in [1.82, 2.24) is 10.6 Å². The van der Waals surface area contributed by atoms with Gasteiger partial charge in [-0.3, -0.25) is 9.59 Å². The fourth-order valence-corrected chi connectivity index (χ4v) is 2.77. The molecule has 1 aromatic rings. The highest BCUT2D eigenvalue weighted by atomic mass is 19.1. The molecule has 23 heavy (non-hydrogen) atoms. The third-order valence-corrected chi connectivity index (χ3v) is 4.47. The molecule has 3 rings (SSSR count). The molecule has 2 fully saturated rings. The van der Waals surface area contributed by atoms with Gasteiger partial charge < -0.3 is 10.6 Å². The van der Waals surface area contributed by atoms with Crippen LogP contribution in [-0.4, -0.2) is 18.4 Å². The highest BCUT2D eigenvalue weighted by Gasteiger charge is 2.33. The quantitative estimate of drug-likeness (QED) is 0.724. The van der Waals surface area contributed by atoms with Gasteiger partial charge in [-0.2, -0.15) is 0 Å². The molecule has 0 aromatic heterocycles. The Balaban J connectivity index is 1.43. The summed E-state index contributed by atoms with van der Waals surface area (Å²) in [5, 5.41) is 5.93. The van der Waals surface area contributed by atoms with Crippen LogP contribution in [0.3, 0.4) is 0 Å². The third kappa shape index (κ3) is 4.78. The van der Waals surface area contributed by atoms with Crippen LogP contribution < -0.4 is 10.6 Å². The van der Waals surface area contributed by atoms with Gasteiger partial charge in [0.15, 0.2) is 0 Å². The first kappa shape index (κ1) is 16.0. The minimum atomic E-state index is -0.263. The Morgan fingerprint density at radius 2 is 1.83 bits per heavy atom. The average molecular weight is 318 g/mol. The lowest BCUT2D eigenvalue weighted by Gasteiger charge is -2.19. The summed E-state index contributed by atoms with van der Waals surface area (Å²) in [6.45, 7) is 0.549. The fourth-order valence-electron chi connectivity index (χ4n) is 2.77. The number of carbonyl (C=O) groups is 2. The molecular weight excluding hydrogens is 295 g/mol.